The maximum atomic E-state index is 6.33. The first-order valence-corrected chi connectivity index (χ1v) is 7.72. The minimum atomic E-state index is -0.304. The maximum absolute atomic E-state index is 6.33. The summed E-state index contributed by atoms with van der Waals surface area (Å²) in [6.07, 6.45) is 1.57. The first kappa shape index (κ1) is 15.3. The molecule has 0 saturated carbocycles. The van der Waals surface area contributed by atoms with Gasteiger partial charge in [0.15, 0.2) is 6.29 Å². The van der Waals surface area contributed by atoms with E-state index in [2.05, 4.69) is 6.07 Å². The van der Waals surface area contributed by atoms with Gasteiger partial charge < -0.3 is 18.9 Å². The molecular formula is C16H21ClO4. The Labute approximate surface area is 130 Å². The molecule has 4 nitrogen and oxygen atoms in total. The fourth-order valence-electron chi connectivity index (χ4n) is 3.16. The molecule has 21 heavy (non-hydrogen) atoms. The van der Waals surface area contributed by atoms with Crippen molar-refractivity contribution in [2.75, 3.05) is 40.1 Å². The summed E-state index contributed by atoms with van der Waals surface area (Å²) in [5, 5.41) is 0.712. The largest absolute Gasteiger partial charge is 0.384 e. The van der Waals surface area contributed by atoms with Crippen molar-refractivity contribution in [3.05, 3.63) is 34.3 Å². The zero-order valence-electron chi connectivity index (χ0n) is 12.3. The number of hydrogen-bond donors (Lipinski definition) is 0. The van der Waals surface area contributed by atoms with Crippen LogP contribution < -0.4 is 0 Å². The summed E-state index contributed by atoms with van der Waals surface area (Å²) >= 11 is 6.33. The molecule has 0 bridgehead atoms. The van der Waals surface area contributed by atoms with Crippen molar-refractivity contribution in [3.8, 4) is 0 Å². The summed E-state index contributed by atoms with van der Waals surface area (Å²) in [5.74, 6) is 0. The first-order valence-electron chi connectivity index (χ1n) is 7.34. The van der Waals surface area contributed by atoms with Crippen LogP contribution in [0.4, 0.5) is 0 Å². The number of ether oxygens (including phenoxy) is 4. The van der Waals surface area contributed by atoms with Crippen molar-refractivity contribution in [1.82, 2.24) is 0 Å². The molecule has 2 aliphatic heterocycles. The summed E-state index contributed by atoms with van der Waals surface area (Å²) in [6.45, 7) is 3.43. The number of halogens is 1. The van der Waals surface area contributed by atoms with E-state index in [1.165, 1.54) is 5.56 Å². The average molecular weight is 313 g/mol. The summed E-state index contributed by atoms with van der Waals surface area (Å²) in [5.41, 5.74) is 2.14. The van der Waals surface area contributed by atoms with Gasteiger partial charge in [-0.1, -0.05) is 11.6 Å². The lowest BCUT2D eigenvalue weighted by molar-refractivity contribution is -0.0443. The molecule has 0 spiro atoms. The van der Waals surface area contributed by atoms with Gasteiger partial charge in [-0.2, -0.15) is 0 Å². The fraction of sp³-hybridized carbons (Fsp3) is 0.625. The van der Waals surface area contributed by atoms with Crippen LogP contribution in [0.25, 0.3) is 0 Å². The van der Waals surface area contributed by atoms with E-state index in [1.807, 2.05) is 12.1 Å². The molecule has 0 amide bonds. The van der Waals surface area contributed by atoms with Gasteiger partial charge in [-0.05, 0) is 36.6 Å². The maximum Gasteiger partial charge on any atom is 0.184 e. The Morgan fingerprint density at radius 3 is 2.52 bits per heavy atom. The Balaban J connectivity index is 1.94. The lowest BCUT2D eigenvalue weighted by Gasteiger charge is -2.37. The molecule has 2 heterocycles. The van der Waals surface area contributed by atoms with Gasteiger partial charge in [-0.15, -0.1) is 0 Å². The van der Waals surface area contributed by atoms with E-state index in [-0.39, 0.29) is 11.7 Å². The Morgan fingerprint density at radius 1 is 1.14 bits per heavy atom. The molecule has 5 heteroatoms. The van der Waals surface area contributed by atoms with Crippen LogP contribution in [-0.4, -0.2) is 40.1 Å². The van der Waals surface area contributed by atoms with Crippen LogP contribution in [0.15, 0.2) is 18.2 Å². The molecule has 3 rings (SSSR count). The molecule has 2 saturated heterocycles. The summed E-state index contributed by atoms with van der Waals surface area (Å²) < 4.78 is 22.2. The zero-order chi connectivity index (χ0) is 14.7. The van der Waals surface area contributed by atoms with Gasteiger partial charge in [0.25, 0.3) is 0 Å². The Hall–Kier alpha value is -0.650. The summed E-state index contributed by atoms with van der Waals surface area (Å²) in [7, 11) is 1.74. The third kappa shape index (κ3) is 3.25. The van der Waals surface area contributed by atoms with E-state index in [1.54, 1.807) is 7.11 Å². The van der Waals surface area contributed by atoms with Crippen molar-refractivity contribution in [3.63, 3.8) is 0 Å². The van der Waals surface area contributed by atoms with E-state index >= 15 is 0 Å². The highest BCUT2D eigenvalue weighted by Gasteiger charge is 2.35. The van der Waals surface area contributed by atoms with Gasteiger partial charge in [0.2, 0.25) is 0 Å². The Morgan fingerprint density at radius 2 is 1.86 bits per heavy atom. The van der Waals surface area contributed by atoms with Gasteiger partial charge >= 0.3 is 0 Å². The van der Waals surface area contributed by atoms with E-state index in [9.17, 15) is 0 Å². The normalized spacial score (nSPS) is 22.6. The molecule has 0 atom stereocenters. The van der Waals surface area contributed by atoms with Crippen LogP contribution in [0.3, 0.4) is 0 Å². The summed E-state index contributed by atoms with van der Waals surface area (Å²) in [4.78, 5) is 0. The molecule has 0 unspecified atom stereocenters. The second-order valence-corrected chi connectivity index (χ2v) is 6.11. The van der Waals surface area contributed by atoms with Gasteiger partial charge in [-0.25, -0.2) is 0 Å². The average Bonchev–Trinajstić information content (AvgIpc) is 3.02. The molecule has 1 aromatic rings. The van der Waals surface area contributed by atoms with Crippen LogP contribution in [0, 0.1) is 0 Å². The van der Waals surface area contributed by atoms with E-state index in [4.69, 9.17) is 30.5 Å². The number of rotatable bonds is 4. The van der Waals surface area contributed by atoms with Crippen molar-refractivity contribution < 1.29 is 18.9 Å². The van der Waals surface area contributed by atoms with Crippen molar-refractivity contribution in [2.24, 2.45) is 0 Å². The molecule has 0 aromatic heterocycles. The molecule has 2 fully saturated rings. The zero-order valence-corrected chi connectivity index (χ0v) is 13.0. The molecule has 0 N–H and O–H groups in total. The molecular weight excluding hydrogens is 292 g/mol. The predicted octanol–water partition coefficient (Wildman–Crippen LogP) is 3.08. The minimum Gasteiger partial charge on any atom is -0.384 e. The van der Waals surface area contributed by atoms with Crippen LogP contribution in [-0.2, 0) is 24.4 Å². The third-order valence-electron chi connectivity index (χ3n) is 4.30. The lowest BCUT2D eigenvalue weighted by atomic mass is 9.74. The van der Waals surface area contributed by atoms with Gasteiger partial charge in [-0.3, -0.25) is 0 Å². The van der Waals surface area contributed by atoms with Crippen LogP contribution in [0.2, 0.25) is 5.02 Å². The van der Waals surface area contributed by atoms with Crippen LogP contribution >= 0.6 is 11.6 Å². The Bertz CT molecular complexity index is 474. The standard InChI is InChI=1S/C16H21ClO4/c1-18-11-16(2-4-19-5-3-16)13-8-12(9-14(17)10-13)15-20-6-7-21-15/h8-10,15H,2-7,11H2,1H3. The lowest BCUT2D eigenvalue weighted by Crippen LogP contribution is -2.38. The minimum absolute atomic E-state index is 0.0365. The molecule has 1 aromatic carbocycles. The van der Waals surface area contributed by atoms with Gasteiger partial charge in [0, 0.05) is 36.3 Å². The van der Waals surface area contributed by atoms with Crippen molar-refractivity contribution in [1.29, 1.82) is 0 Å². The highest BCUT2D eigenvalue weighted by atomic mass is 35.5. The summed E-state index contributed by atoms with van der Waals surface area (Å²) in [6, 6.07) is 6.09. The van der Waals surface area contributed by atoms with E-state index in [0.29, 0.717) is 24.8 Å². The van der Waals surface area contributed by atoms with E-state index in [0.717, 1.165) is 31.6 Å². The van der Waals surface area contributed by atoms with Crippen LogP contribution in [0.5, 0.6) is 0 Å². The second kappa shape index (κ2) is 6.63. The number of methoxy groups -OCH3 is 1. The highest BCUT2D eigenvalue weighted by Crippen LogP contribution is 2.38. The second-order valence-electron chi connectivity index (χ2n) is 5.67. The molecule has 0 aliphatic carbocycles. The number of hydrogen-bond acceptors (Lipinski definition) is 4. The monoisotopic (exact) mass is 312 g/mol. The van der Waals surface area contributed by atoms with Crippen LogP contribution in [0.1, 0.15) is 30.3 Å². The smallest absolute Gasteiger partial charge is 0.184 e. The Kier molecular flexibility index (Phi) is 4.82. The quantitative estimate of drug-likeness (QED) is 0.856. The molecule has 116 valence electrons. The third-order valence-corrected chi connectivity index (χ3v) is 4.52. The van der Waals surface area contributed by atoms with Gasteiger partial charge in [0.1, 0.15) is 0 Å². The van der Waals surface area contributed by atoms with E-state index < -0.39 is 0 Å². The molecule has 2 aliphatic rings. The fourth-order valence-corrected chi connectivity index (χ4v) is 3.40. The first-order chi connectivity index (χ1) is 10.2. The number of benzene rings is 1. The molecule has 0 radical (unpaired) electrons. The SMILES string of the molecule is COCC1(c2cc(Cl)cc(C3OCCO3)c2)CCOCC1. The topological polar surface area (TPSA) is 36.9 Å². The predicted molar refractivity (Wildman–Crippen MR) is 79.7 cm³/mol. The van der Waals surface area contributed by atoms with Gasteiger partial charge in [0.05, 0.1) is 19.8 Å². The van der Waals surface area contributed by atoms with Crippen molar-refractivity contribution in [2.45, 2.75) is 24.5 Å². The van der Waals surface area contributed by atoms with Crippen molar-refractivity contribution >= 4 is 11.6 Å². The highest BCUT2D eigenvalue weighted by molar-refractivity contribution is 6.30.